The van der Waals surface area contributed by atoms with Gasteiger partial charge in [0.15, 0.2) is 23.0 Å². The number of rotatable bonds is 4. The van der Waals surface area contributed by atoms with Gasteiger partial charge in [-0.25, -0.2) is 0 Å². The SMILES string of the molecule is O=C(c1cc(-c2ccc(Cl)cc2Cl)on1)N1CCN(Cc2ccc3c(c2)OCO3)CC1. The van der Waals surface area contributed by atoms with E-state index in [2.05, 4.69) is 10.1 Å². The fraction of sp³-hybridized carbons (Fsp3) is 0.273. The van der Waals surface area contributed by atoms with Crippen LogP contribution >= 0.6 is 23.2 Å². The van der Waals surface area contributed by atoms with Crippen LogP contribution in [0.25, 0.3) is 11.3 Å². The van der Waals surface area contributed by atoms with Crippen LogP contribution in [0.5, 0.6) is 11.5 Å². The molecule has 9 heteroatoms. The first-order valence-corrected chi connectivity index (χ1v) is 10.6. The minimum Gasteiger partial charge on any atom is -0.454 e. The van der Waals surface area contributed by atoms with Crippen LogP contribution in [-0.2, 0) is 6.54 Å². The Labute approximate surface area is 189 Å². The molecule has 2 aromatic carbocycles. The zero-order valence-corrected chi connectivity index (χ0v) is 18.0. The van der Waals surface area contributed by atoms with E-state index in [9.17, 15) is 4.79 Å². The van der Waals surface area contributed by atoms with Crippen molar-refractivity contribution in [3.8, 4) is 22.8 Å². The summed E-state index contributed by atoms with van der Waals surface area (Å²) in [6, 6.07) is 12.7. The van der Waals surface area contributed by atoms with E-state index in [4.69, 9.17) is 37.2 Å². The van der Waals surface area contributed by atoms with E-state index in [0.717, 1.165) is 36.7 Å². The molecule has 1 fully saturated rings. The summed E-state index contributed by atoms with van der Waals surface area (Å²) < 4.78 is 16.2. The lowest BCUT2D eigenvalue weighted by atomic mass is 10.1. The molecular weight excluding hydrogens is 441 g/mol. The minimum atomic E-state index is -0.150. The van der Waals surface area contributed by atoms with Gasteiger partial charge in [0.05, 0.1) is 5.02 Å². The van der Waals surface area contributed by atoms with Crippen LogP contribution in [0.3, 0.4) is 0 Å². The van der Waals surface area contributed by atoms with Crippen molar-refractivity contribution < 1.29 is 18.8 Å². The number of aromatic nitrogens is 1. The van der Waals surface area contributed by atoms with Crippen LogP contribution in [0.2, 0.25) is 10.0 Å². The average Bonchev–Trinajstić information content (AvgIpc) is 3.43. The number of hydrogen-bond donors (Lipinski definition) is 0. The Balaban J connectivity index is 1.20. The summed E-state index contributed by atoms with van der Waals surface area (Å²) in [6.45, 7) is 3.85. The molecule has 0 atom stereocenters. The molecule has 1 amide bonds. The minimum absolute atomic E-state index is 0.150. The Morgan fingerprint density at radius 3 is 2.58 bits per heavy atom. The molecule has 2 aliphatic rings. The number of amides is 1. The monoisotopic (exact) mass is 459 g/mol. The fourth-order valence-corrected chi connectivity index (χ4v) is 4.26. The number of carbonyl (C=O) groups is 1. The van der Waals surface area contributed by atoms with Gasteiger partial charge < -0.3 is 18.9 Å². The van der Waals surface area contributed by atoms with Crippen molar-refractivity contribution in [2.24, 2.45) is 0 Å². The first-order chi connectivity index (χ1) is 15.1. The maximum absolute atomic E-state index is 12.9. The van der Waals surface area contributed by atoms with Crippen molar-refractivity contribution in [3.63, 3.8) is 0 Å². The second-order valence-corrected chi connectivity index (χ2v) is 8.30. The zero-order chi connectivity index (χ0) is 21.4. The van der Waals surface area contributed by atoms with Crippen molar-refractivity contribution in [1.82, 2.24) is 15.0 Å². The third-order valence-corrected chi connectivity index (χ3v) is 5.98. The van der Waals surface area contributed by atoms with E-state index in [1.54, 1.807) is 29.2 Å². The number of fused-ring (bicyclic) bond motifs is 1. The van der Waals surface area contributed by atoms with Gasteiger partial charge in [-0.1, -0.05) is 34.4 Å². The molecule has 0 spiro atoms. The lowest BCUT2D eigenvalue weighted by molar-refractivity contribution is 0.0618. The first kappa shape index (κ1) is 20.2. The van der Waals surface area contributed by atoms with Gasteiger partial charge in [0.2, 0.25) is 6.79 Å². The third-order valence-electron chi connectivity index (χ3n) is 5.43. The van der Waals surface area contributed by atoms with Crippen molar-refractivity contribution >= 4 is 29.1 Å². The number of benzene rings is 2. The lowest BCUT2D eigenvalue weighted by Crippen LogP contribution is -2.48. The second-order valence-electron chi connectivity index (χ2n) is 7.46. The predicted molar refractivity (Wildman–Crippen MR) is 116 cm³/mol. The van der Waals surface area contributed by atoms with Gasteiger partial charge in [-0.05, 0) is 35.9 Å². The Kier molecular flexibility index (Phi) is 5.48. The lowest BCUT2D eigenvalue weighted by Gasteiger charge is -2.34. The highest BCUT2D eigenvalue weighted by atomic mass is 35.5. The summed E-state index contributed by atoms with van der Waals surface area (Å²) in [5, 5.41) is 4.93. The van der Waals surface area contributed by atoms with Gasteiger partial charge >= 0.3 is 0 Å². The normalized spacial score (nSPS) is 16.0. The van der Waals surface area contributed by atoms with Crippen LogP contribution < -0.4 is 9.47 Å². The Bertz CT molecular complexity index is 1130. The smallest absolute Gasteiger partial charge is 0.276 e. The summed E-state index contributed by atoms with van der Waals surface area (Å²) in [6.07, 6.45) is 0. The number of halogens is 2. The van der Waals surface area contributed by atoms with E-state index in [-0.39, 0.29) is 18.4 Å². The van der Waals surface area contributed by atoms with Crippen LogP contribution in [0.1, 0.15) is 16.1 Å². The van der Waals surface area contributed by atoms with Crippen LogP contribution in [0, 0.1) is 0 Å². The van der Waals surface area contributed by atoms with E-state index >= 15 is 0 Å². The quantitative estimate of drug-likeness (QED) is 0.578. The topological polar surface area (TPSA) is 68.0 Å². The number of carbonyl (C=O) groups excluding carboxylic acids is 1. The molecule has 0 saturated carbocycles. The van der Waals surface area contributed by atoms with Gasteiger partial charge in [0.25, 0.3) is 5.91 Å². The molecule has 0 N–H and O–H groups in total. The number of nitrogens with zero attached hydrogens (tertiary/aromatic N) is 3. The molecule has 0 aliphatic carbocycles. The molecule has 3 aromatic rings. The number of hydrogen-bond acceptors (Lipinski definition) is 6. The standard InChI is InChI=1S/C22H19Cl2N3O4/c23-15-2-3-16(17(24)10-15)20-11-18(25-31-20)22(28)27-7-5-26(6-8-27)12-14-1-4-19-21(9-14)30-13-29-19/h1-4,9-11H,5-8,12-13H2. The summed E-state index contributed by atoms with van der Waals surface area (Å²) >= 11 is 12.2. The molecule has 0 bridgehead atoms. The number of piperazine rings is 1. The predicted octanol–water partition coefficient (Wildman–Crippen LogP) is 4.34. The summed E-state index contributed by atoms with van der Waals surface area (Å²) in [5.41, 5.74) is 2.07. The first-order valence-electron chi connectivity index (χ1n) is 9.89. The molecule has 0 unspecified atom stereocenters. The van der Waals surface area contributed by atoms with Gasteiger partial charge in [-0.2, -0.15) is 0 Å². The summed E-state index contributed by atoms with van der Waals surface area (Å²) in [5.74, 6) is 1.86. The van der Waals surface area contributed by atoms with Gasteiger partial charge in [0.1, 0.15) is 0 Å². The molecule has 0 radical (unpaired) electrons. The van der Waals surface area contributed by atoms with Crippen LogP contribution in [-0.4, -0.2) is 53.8 Å². The van der Waals surface area contributed by atoms with Crippen molar-refractivity contribution in [1.29, 1.82) is 0 Å². The molecule has 3 heterocycles. The molecule has 1 aromatic heterocycles. The van der Waals surface area contributed by atoms with Gasteiger partial charge in [0, 0.05) is 49.4 Å². The summed E-state index contributed by atoms with van der Waals surface area (Å²) in [4.78, 5) is 17.0. The van der Waals surface area contributed by atoms with Crippen molar-refractivity contribution in [2.75, 3.05) is 33.0 Å². The van der Waals surface area contributed by atoms with Crippen LogP contribution in [0.15, 0.2) is 47.0 Å². The Hall–Kier alpha value is -2.74. The highest BCUT2D eigenvalue weighted by molar-refractivity contribution is 6.36. The van der Waals surface area contributed by atoms with Crippen LogP contribution in [0.4, 0.5) is 0 Å². The van der Waals surface area contributed by atoms with Gasteiger partial charge in [-0.3, -0.25) is 9.69 Å². The maximum Gasteiger partial charge on any atom is 0.276 e. The number of ether oxygens (including phenoxy) is 2. The second kappa shape index (κ2) is 8.42. The largest absolute Gasteiger partial charge is 0.454 e. The average molecular weight is 460 g/mol. The van der Waals surface area contributed by atoms with E-state index in [1.807, 2.05) is 18.2 Å². The Morgan fingerprint density at radius 1 is 0.968 bits per heavy atom. The van der Waals surface area contributed by atoms with Gasteiger partial charge in [-0.15, -0.1) is 0 Å². The highest BCUT2D eigenvalue weighted by Crippen LogP contribution is 2.33. The molecule has 1 saturated heterocycles. The molecular formula is C22H19Cl2N3O4. The maximum atomic E-state index is 12.9. The van der Waals surface area contributed by atoms with E-state index < -0.39 is 0 Å². The highest BCUT2D eigenvalue weighted by Gasteiger charge is 2.25. The molecule has 160 valence electrons. The van der Waals surface area contributed by atoms with Crippen molar-refractivity contribution in [2.45, 2.75) is 6.54 Å². The molecule has 2 aliphatic heterocycles. The molecule has 7 nitrogen and oxygen atoms in total. The zero-order valence-electron chi connectivity index (χ0n) is 16.5. The van der Waals surface area contributed by atoms with E-state index in [0.29, 0.717) is 34.5 Å². The fourth-order valence-electron chi connectivity index (χ4n) is 3.76. The Morgan fingerprint density at radius 2 is 1.77 bits per heavy atom. The third kappa shape index (κ3) is 4.21. The van der Waals surface area contributed by atoms with Crippen molar-refractivity contribution in [3.05, 3.63) is 63.8 Å². The molecule has 5 rings (SSSR count). The summed E-state index contributed by atoms with van der Waals surface area (Å²) in [7, 11) is 0. The van der Waals surface area contributed by atoms with E-state index in [1.165, 1.54) is 0 Å². The molecule has 31 heavy (non-hydrogen) atoms.